The largest absolute Gasteiger partial charge is 0.375 e. The Morgan fingerprint density at radius 1 is 1.19 bits per heavy atom. The topological polar surface area (TPSA) is 24.5 Å². The average molecular weight is 296 g/mol. The summed E-state index contributed by atoms with van der Waals surface area (Å²) in [5.41, 5.74) is 0.420. The minimum atomic E-state index is 0.420. The van der Waals surface area contributed by atoms with Gasteiger partial charge in [-0.3, -0.25) is 4.90 Å². The second-order valence-corrected chi connectivity index (χ2v) is 7.47. The zero-order valence-corrected chi connectivity index (χ0v) is 14.7. The van der Waals surface area contributed by atoms with Gasteiger partial charge in [-0.25, -0.2) is 0 Å². The van der Waals surface area contributed by atoms with E-state index in [2.05, 4.69) is 37.9 Å². The van der Waals surface area contributed by atoms with Gasteiger partial charge in [0, 0.05) is 31.7 Å². The van der Waals surface area contributed by atoms with Gasteiger partial charge in [0.2, 0.25) is 0 Å². The molecule has 1 heterocycles. The molecule has 2 unspecified atom stereocenters. The van der Waals surface area contributed by atoms with Gasteiger partial charge < -0.3 is 10.1 Å². The van der Waals surface area contributed by atoms with Gasteiger partial charge in [0.1, 0.15) is 0 Å². The Hall–Kier alpha value is -0.120. The van der Waals surface area contributed by atoms with Gasteiger partial charge in [-0.2, -0.15) is 0 Å². The summed E-state index contributed by atoms with van der Waals surface area (Å²) < 4.78 is 6.03. The first-order chi connectivity index (χ1) is 10.1. The molecule has 21 heavy (non-hydrogen) atoms. The van der Waals surface area contributed by atoms with E-state index in [9.17, 15) is 0 Å². The smallest absolute Gasteiger partial charge is 0.0730 e. The Balaban J connectivity index is 2.00. The lowest BCUT2D eigenvalue weighted by Gasteiger charge is -2.48. The Morgan fingerprint density at radius 2 is 1.90 bits per heavy atom. The molecule has 2 aliphatic rings. The molecule has 0 aromatic heterocycles. The number of fused-ring (bicyclic) bond motifs is 1. The number of morpholine rings is 1. The quantitative estimate of drug-likeness (QED) is 0.779. The molecule has 0 aromatic carbocycles. The maximum Gasteiger partial charge on any atom is 0.0730 e. The lowest BCUT2D eigenvalue weighted by Crippen LogP contribution is -2.56. The molecule has 124 valence electrons. The van der Waals surface area contributed by atoms with E-state index < -0.39 is 0 Å². The fourth-order valence-electron chi connectivity index (χ4n) is 4.00. The van der Waals surface area contributed by atoms with Crippen molar-refractivity contribution < 1.29 is 4.74 Å². The van der Waals surface area contributed by atoms with E-state index >= 15 is 0 Å². The van der Waals surface area contributed by atoms with Crippen molar-refractivity contribution in [1.82, 2.24) is 10.2 Å². The van der Waals surface area contributed by atoms with Crippen LogP contribution < -0.4 is 5.32 Å². The van der Waals surface area contributed by atoms with Crippen molar-refractivity contribution in [3.05, 3.63) is 0 Å². The summed E-state index contributed by atoms with van der Waals surface area (Å²) in [6, 6.07) is 1.26. The minimum absolute atomic E-state index is 0.420. The monoisotopic (exact) mass is 296 g/mol. The summed E-state index contributed by atoms with van der Waals surface area (Å²) >= 11 is 0. The second kappa shape index (κ2) is 7.94. The van der Waals surface area contributed by atoms with Gasteiger partial charge >= 0.3 is 0 Å². The highest BCUT2D eigenvalue weighted by Gasteiger charge is 2.38. The Bertz CT molecular complexity index is 300. The zero-order chi connectivity index (χ0) is 15.3. The molecular formula is C18H36N2O. The number of rotatable bonds is 7. The molecule has 1 saturated carbocycles. The Labute approximate surface area is 131 Å². The highest BCUT2D eigenvalue weighted by Crippen LogP contribution is 2.33. The van der Waals surface area contributed by atoms with Crippen molar-refractivity contribution in [2.75, 3.05) is 26.2 Å². The molecule has 1 N–H and O–H groups in total. The molecular weight excluding hydrogens is 260 g/mol. The third-order valence-corrected chi connectivity index (χ3v) is 5.77. The SMILES string of the molecule is CCC(CC)(CNC(C)C)CN1CCOC2CCCCC21. The van der Waals surface area contributed by atoms with Crippen LogP contribution in [0.1, 0.15) is 66.2 Å². The Kier molecular flexibility index (Phi) is 6.51. The van der Waals surface area contributed by atoms with Gasteiger partial charge in [-0.1, -0.05) is 40.5 Å². The number of ether oxygens (including phenoxy) is 1. The van der Waals surface area contributed by atoms with Crippen LogP contribution in [0.2, 0.25) is 0 Å². The molecule has 1 aliphatic carbocycles. The third kappa shape index (κ3) is 4.43. The molecule has 3 nitrogen and oxygen atoms in total. The van der Waals surface area contributed by atoms with Crippen molar-refractivity contribution in [2.24, 2.45) is 5.41 Å². The summed E-state index contributed by atoms with van der Waals surface area (Å²) in [5, 5.41) is 3.69. The predicted molar refractivity (Wildman–Crippen MR) is 89.7 cm³/mol. The van der Waals surface area contributed by atoms with E-state index in [0.29, 0.717) is 23.6 Å². The van der Waals surface area contributed by atoms with Gasteiger partial charge in [0.15, 0.2) is 0 Å². The van der Waals surface area contributed by atoms with Crippen LogP contribution in [0, 0.1) is 5.41 Å². The van der Waals surface area contributed by atoms with Gasteiger partial charge in [-0.15, -0.1) is 0 Å². The van der Waals surface area contributed by atoms with Gasteiger partial charge in [0.25, 0.3) is 0 Å². The van der Waals surface area contributed by atoms with E-state index in [4.69, 9.17) is 4.74 Å². The molecule has 0 radical (unpaired) electrons. The summed E-state index contributed by atoms with van der Waals surface area (Å²) in [6.45, 7) is 13.7. The molecule has 2 atom stereocenters. The van der Waals surface area contributed by atoms with Crippen molar-refractivity contribution in [3.8, 4) is 0 Å². The minimum Gasteiger partial charge on any atom is -0.375 e. The molecule has 2 rings (SSSR count). The molecule has 1 aliphatic heterocycles. The third-order valence-electron chi connectivity index (χ3n) is 5.77. The summed E-state index contributed by atoms with van der Waals surface area (Å²) in [4.78, 5) is 2.77. The van der Waals surface area contributed by atoms with E-state index in [1.807, 2.05) is 0 Å². The van der Waals surface area contributed by atoms with E-state index in [-0.39, 0.29) is 0 Å². The average Bonchev–Trinajstić information content (AvgIpc) is 2.51. The number of hydrogen-bond acceptors (Lipinski definition) is 3. The van der Waals surface area contributed by atoms with Crippen molar-refractivity contribution in [1.29, 1.82) is 0 Å². The van der Waals surface area contributed by atoms with Crippen LogP contribution >= 0.6 is 0 Å². The van der Waals surface area contributed by atoms with Crippen molar-refractivity contribution >= 4 is 0 Å². The van der Waals surface area contributed by atoms with E-state index in [0.717, 1.165) is 19.7 Å². The first-order valence-electron chi connectivity index (χ1n) is 9.19. The Morgan fingerprint density at radius 3 is 2.57 bits per heavy atom. The molecule has 1 saturated heterocycles. The maximum atomic E-state index is 6.03. The second-order valence-electron chi connectivity index (χ2n) is 7.47. The highest BCUT2D eigenvalue weighted by atomic mass is 16.5. The lowest BCUT2D eigenvalue weighted by atomic mass is 9.79. The highest BCUT2D eigenvalue weighted by molar-refractivity contribution is 4.92. The standard InChI is InChI=1S/C18H36N2O/c1-5-18(6-2,13-19-15(3)4)14-20-11-12-21-17-10-8-7-9-16(17)20/h15-17,19H,5-14H2,1-4H3. The maximum absolute atomic E-state index is 6.03. The van der Waals surface area contributed by atoms with Crippen LogP contribution in [-0.2, 0) is 4.74 Å². The van der Waals surface area contributed by atoms with Crippen LogP contribution in [0.25, 0.3) is 0 Å². The zero-order valence-electron chi connectivity index (χ0n) is 14.7. The van der Waals surface area contributed by atoms with E-state index in [1.165, 1.54) is 45.1 Å². The van der Waals surface area contributed by atoms with Crippen LogP contribution in [0.15, 0.2) is 0 Å². The lowest BCUT2D eigenvalue weighted by molar-refractivity contribution is -0.0996. The fourth-order valence-corrected chi connectivity index (χ4v) is 4.00. The molecule has 2 fully saturated rings. The van der Waals surface area contributed by atoms with Gasteiger partial charge in [0.05, 0.1) is 12.7 Å². The summed E-state index contributed by atoms with van der Waals surface area (Å²) in [7, 11) is 0. The number of hydrogen-bond donors (Lipinski definition) is 1. The van der Waals surface area contributed by atoms with Crippen LogP contribution in [-0.4, -0.2) is 49.3 Å². The fraction of sp³-hybridized carbons (Fsp3) is 1.00. The van der Waals surface area contributed by atoms with Gasteiger partial charge in [-0.05, 0) is 31.1 Å². The normalized spacial score (nSPS) is 27.9. The number of nitrogens with zero attached hydrogens (tertiary/aromatic N) is 1. The predicted octanol–water partition coefficient (Wildman–Crippen LogP) is 3.43. The van der Waals surface area contributed by atoms with Crippen molar-refractivity contribution in [3.63, 3.8) is 0 Å². The van der Waals surface area contributed by atoms with Crippen LogP contribution in [0.3, 0.4) is 0 Å². The first-order valence-corrected chi connectivity index (χ1v) is 9.19. The van der Waals surface area contributed by atoms with Crippen LogP contribution in [0.4, 0.5) is 0 Å². The molecule has 0 amide bonds. The van der Waals surface area contributed by atoms with Crippen molar-refractivity contribution in [2.45, 2.75) is 84.4 Å². The molecule has 0 bridgehead atoms. The molecule has 3 heteroatoms. The number of nitrogens with one attached hydrogen (secondary N) is 1. The molecule has 0 aromatic rings. The summed E-state index contributed by atoms with van der Waals surface area (Å²) in [6.07, 6.45) is 8.39. The van der Waals surface area contributed by atoms with Crippen LogP contribution in [0.5, 0.6) is 0 Å². The first kappa shape index (κ1) is 17.2. The van der Waals surface area contributed by atoms with E-state index in [1.54, 1.807) is 0 Å². The molecule has 0 spiro atoms. The summed E-state index contributed by atoms with van der Waals surface area (Å²) in [5.74, 6) is 0.